The van der Waals surface area contributed by atoms with Crippen molar-refractivity contribution in [3.05, 3.63) is 11.9 Å². The first-order valence-electron chi connectivity index (χ1n) is 4.10. The van der Waals surface area contributed by atoms with Crippen molar-refractivity contribution in [2.45, 2.75) is 30.7 Å². The van der Waals surface area contributed by atoms with Gasteiger partial charge in [-0.15, -0.1) is 5.10 Å². The normalized spacial score (nSPS) is 28.5. The van der Waals surface area contributed by atoms with Crippen molar-refractivity contribution in [2.75, 3.05) is 0 Å². The molecule has 2 rings (SSSR count). The molecule has 0 bridgehead atoms. The molecule has 0 aliphatic heterocycles. The molecule has 2 N–H and O–H groups in total. The predicted molar refractivity (Wildman–Crippen MR) is 49.0 cm³/mol. The van der Waals surface area contributed by atoms with Gasteiger partial charge in [0.25, 0.3) is 0 Å². The van der Waals surface area contributed by atoms with Gasteiger partial charge in [0.05, 0.1) is 17.9 Å². The smallest absolute Gasteiger partial charge is 0.0962 e. The van der Waals surface area contributed by atoms with E-state index in [-0.39, 0.29) is 0 Å². The van der Waals surface area contributed by atoms with Gasteiger partial charge in [-0.1, -0.05) is 5.21 Å². The number of hydrogen-bond donors (Lipinski definition) is 2. The van der Waals surface area contributed by atoms with E-state index in [0.717, 1.165) is 12.1 Å². The maximum atomic E-state index is 5.42. The fraction of sp³-hybridized carbons (Fsp3) is 0.714. The van der Waals surface area contributed by atoms with Gasteiger partial charge in [-0.05, 0) is 12.8 Å². The van der Waals surface area contributed by atoms with Crippen LogP contribution >= 0.6 is 12.6 Å². The Balaban J connectivity index is 2.12. The maximum Gasteiger partial charge on any atom is 0.0962 e. The molecule has 66 valence electrons. The largest absolute Gasteiger partial charge is 0.325 e. The van der Waals surface area contributed by atoms with Gasteiger partial charge in [-0.25, -0.2) is 4.68 Å². The third kappa shape index (κ3) is 1.23. The standard InChI is InChI=1S/C7H12N4S/c8-3-5-4-11(10-9-5)6-1-2-7(6)12/h4,6-7,12H,1-3,8H2. The third-order valence-electron chi connectivity index (χ3n) is 2.31. The van der Waals surface area contributed by atoms with Crippen LogP contribution in [0.2, 0.25) is 0 Å². The highest BCUT2D eigenvalue weighted by Gasteiger charge is 2.30. The molecule has 1 saturated carbocycles. The molecule has 0 spiro atoms. The van der Waals surface area contributed by atoms with Crippen molar-refractivity contribution in [1.82, 2.24) is 15.0 Å². The van der Waals surface area contributed by atoms with Gasteiger partial charge in [-0.3, -0.25) is 0 Å². The van der Waals surface area contributed by atoms with Gasteiger partial charge < -0.3 is 5.73 Å². The number of aromatic nitrogens is 3. The van der Waals surface area contributed by atoms with E-state index < -0.39 is 0 Å². The molecule has 2 unspecified atom stereocenters. The number of rotatable bonds is 2. The summed E-state index contributed by atoms with van der Waals surface area (Å²) in [4.78, 5) is 0. The first-order chi connectivity index (χ1) is 5.81. The second kappa shape index (κ2) is 3.06. The van der Waals surface area contributed by atoms with Crippen molar-refractivity contribution in [2.24, 2.45) is 5.73 Å². The van der Waals surface area contributed by atoms with Crippen molar-refractivity contribution in [1.29, 1.82) is 0 Å². The summed E-state index contributed by atoms with van der Waals surface area (Å²) in [5.74, 6) is 0. The lowest BCUT2D eigenvalue weighted by molar-refractivity contribution is 0.299. The Kier molecular flexibility index (Phi) is 2.06. The molecule has 0 amide bonds. The lowest BCUT2D eigenvalue weighted by Crippen LogP contribution is -2.30. The number of nitrogens with two attached hydrogens (primary N) is 1. The fourth-order valence-electron chi connectivity index (χ4n) is 1.34. The van der Waals surface area contributed by atoms with Gasteiger partial charge in [0.1, 0.15) is 0 Å². The summed E-state index contributed by atoms with van der Waals surface area (Å²) in [6.07, 6.45) is 4.24. The van der Waals surface area contributed by atoms with Crippen LogP contribution in [0.25, 0.3) is 0 Å². The summed E-state index contributed by atoms with van der Waals surface area (Å²) in [5, 5.41) is 8.37. The van der Waals surface area contributed by atoms with Crippen LogP contribution in [0.3, 0.4) is 0 Å². The number of nitrogens with zero attached hydrogens (tertiary/aromatic N) is 3. The molecule has 5 heteroatoms. The van der Waals surface area contributed by atoms with E-state index in [4.69, 9.17) is 5.73 Å². The van der Waals surface area contributed by atoms with Crippen molar-refractivity contribution in [3.63, 3.8) is 0 Å². The van der Waals surface area contributed by atoms with Crippen LogP contribution in [0.5, 0.6) is 0 Å². The van der Waals surface area contributed by atoms with Crippen LogP contribution in [-0.4, -0.2) is 20.2 Å². The van der Waals surface area contributed by atoms with E-state index in [1.807, 2.05) is 10.9 Å². The zero-order valence-corrected chi connectivity index (χ0v) is 7.61. The van der Waals surface area contributed by atoms with Crippen molar-refractivity contribution >= 4 is 12.6 Å². The molecule has 4 nitrogen and oxygen atoms in total. The zero-order valence-electron chi connectivity index (χ0n) is 6.72. The summed E-state index contributed by atoms with van der Waals surface area (Å²) in [7, 11) is 0. The quantitative estimate of drug-likeness (QED) is 0.653. The highest BCUT2D eigenvalue weighted by atomic mass is 32.1. The molecule has 12 heavy (non-hydrogen) atoms. The summed E-state index contributed by atoms with van der Waals surface area (Å²) in [6, 6.07) is 0.432. The summed E-state index contributed by atoms with van der Waals surface area (Å²) in [5.41, 5.74) is 6.27. The monoisotopic (exact) mass is 184 g/mol. The van der Waals surface area contributed by atoms with E-state index in [2.05, 4.69) is 22.9 Å². The Labute approximate surface area is 76.5 Å². The summed E-state index contributed by atoms with van der Waals surface area (Å²) in [6.45, 7) is 0.462. The van der Waals surface area contributed by atoms with Gasteiger partial charge in [0, 0.05) is 11.8 Å². The summed E-state index contributed by atoms with van der Waals surface area (Å²) < 4.78 is 1.88. The SMILES string of the molecule is NCc1cn(C2CCC2S)nn1. The molecule has 0 saturated heterocycles. The van der Waals surface area contributed by atoms with E-state index in [9.17, 15) is 0 Å². The topological polar surface area (TPSA) is 56.7 Å². The van der Waals surface area contributed by atoms with Crippen LogP contribution in [0.4, 0.5) is 0 Å². The molecular weight excluding hydrogens is 172 g/mol. The van der Waals surface area contributed by atoms with Gasteiger partial charge >= 0.3 is 0 Å². The van der Waals surface area contributed by atoms with Gasteiger partial charge in [0.15, 0.2) is 0 Å². The van der Waals surface area contributed by atoms with Gasteiger partial charge in [0.2, 0.25) is 0 Å². The second-order valence-corrected chi connectivity index (χ2v) is 3.77. The first kappa shape index (κ1) is 8.07. The van der Waals surface area contributed by atoms with Crippen LogP contribution < -0.4 is 5.73 Å². The third-order valence-corrected chi connectivity index (χ3v) is 2.91. The Morgan fingerprint density at radius 1 is 1.67 bits per heavy atom. The van der Waals surface area contributed by atoms with Crippen molar-refractivity contribution in [3.8, 4) is 0 Å². The lowest BCUT2D eigenvalue weighted by atomic mass is 9.92. The second-order valence-electron chi connectivity index (χ2n) is 3.11. The fourth-order valence-corrected chi connectivity index (χ4v) is 1.78. The van der Waals surface area contributed by atoms with Crippen molar-refractivity contribution < 1.29 is 0 Å². The minimum absolute atomic E-state index is 0.432. The van der Waals surface area contributed by atoms with E-state index in [1.165, 1.54) is 6.42 Å². The minimum atomic E-state index is 0.432. The maximum absolute atomic E-state index is 5.42. The zero-order chi connectivity index (χ0) is 8.55. The number of hydrogen-bond acceptors (Lipinski definition) is 4. The van der Waals surface area contributed by atoms with Crippen LogP contribution in [0, 0.1) is 0 Å². The van der Waals surface area contributed by atoms with E-state index in [0.29, 0.717) is 17.8 Å². The van der Waals surface area contributed by atoms with Gasteiger partial charge in [-0.2, -0.15) is 12.6 Å². The molecular formula is C7H12N4S. The molecule has 0 aromatic carbocycles. The molecule has 0 radical (unpaired) electrons. The molecule has 1 aromatic rings. The van der Waals surface area contributed by atoms with E-state index in [1.54, 1.807) is 0 Å². The molecule has 1 aliphatic carbocycles. The highest BCUT2D eigenvalue weighted by molar-refractivity contribution is 7.81. The number of thiol groups is 1. The summed E-state index contributed by atoms with van der Waals surface area (Å²) >= 11 is 4.41. The molecule has 1 aromatic heterocycles. The molecule has 1 aliphatic rings. The van der Waals surface area contributed by atoms with E-state index >= 15 is 0 Å². The van der Waals surface area contributed by atoms with Crippen LogP contribution in [0.15, 0.2) is 6.20 Å². The molecule has 1 fully saturated rings. The Hall–Kier alpha value is -0.550. The minimum Gasteiger partial charge on any atom is -0.325 e. The Morgan fingerprint density at radius 3 is 2.92 bits per heavy atom. The Morgan fingerprint density at radius 2 is 2.50 bits per heavy atom. The lowest BCUT2D eigenvalue weighted by Gasteiger charge is -2.32. The van der Waals surface area contributed by atoms with Crippen LogP contribution in [0.1, 0.15) is 24.6 Å². The predicted octanol–water partition coefficient (Wildman–Crippen LogP) is 0.370. The average Bonchev–Trinajstić information content (AvgIpc) is 2.50. The first-order valence-corrected chi connectivity index (χ1v) is 4.61. The highest BCUT2D eigenvalue weighted by Crippen LogP contribution is 2.35. The molecule has 2 atom stereocenters. The van der Waals surface area contributed by atoms with Crippen LogP contribution in [-0.2, 0) is 6.54 Å². The average molecular weight is 184 g/mol. The Bertz CT molecular complexity index is 272. The molecule has 1 heterocycles.